The Morgan fingerprint density at radius 3 is 2.04 bits per heavy atom. The molecule has 2 fully saturated rings. The molecule has 2 saturated heterocycles. The van der Waals surface area contributed by atoms with Crippen molar-refractivity contribution in [3.63, 3.8) is 0 Å². The first-order valence-electron chi connectivity index (χ1n) is 27.8. The summed E-state index contributed by atoms with van der Waals surface area (Å²) in [4.78, 5) is 126. The summed E-state index contributed by atoms with van der Waals surface area (Å²) in [5, 5.41) is 15.3. The lowest BCUT2D eigenvalue weighted by molar-refractivity contribution is -0.148. The van der Waals surface area contributed by atoms with Crippen molar-refractivity contribution in [3.8, 4) is 0 Å². The van der Waals surface area contributed by atoms with Gasteiger partial charge in [-0.3, -0.25) is 43.4 Å². The molecule has 7 amide bonds. The van der Waals surface area contributed by atoms with E-state index < -0.39 is 78.1 Å². The van der Waals surface area contributed by atoms with Gasteiger partial charge in [0.05, 0.1) is 41.9 Å². The highest BCUT2D eigenvalue weighted by atomic mass is 32.2. The Labute approximate surface area is 471 Å². The van der Waals surface area contributed by atoms with Crippen molar-refractivity contribution in [1.29, 1.82) is 0 Å². The molecule has 2 aromatic rings. The normalized spacial score (nSPS) is 18.6. The molecule has 10 atom stereocenters. The molecule has 2 aromatic carbocycles. The number of carbonyl (C=O) groups is 9. The molecule has 438 valence electrons. The molecule has 0 aliphatic carbocycles. The van der Waals surface area contributed by atoms with Crippen LogP contribution in [0.4, 0.5) is 4.79 Å². The largest absolute Gasteiger partial charge is 0.480 e. The number of Topliss-reactive ketones (excluding diaryl/α,β-unsaturated/α-hetero) is 1. The number of ketones is 1. The van der Waals surface area contributed by atoms with Gasteiger partial charge in [-0.2, -0.15) is 11.8 Å². The number of nitrogens with one attached hydrogen (secondary N) is 2. The Kier molecular flexibility index (Phi) is 26.4. The number of thioether (sulfide) groups is 1. The number of hydrogen-bond acceptors (Lipinski definition) is 13. The molecule has 79 heavy (non-hydrogen) atoms. The molecule has 0 spiro atoms. The number of amides is 7. The third-order valence-electron chi connectivity index (χ3n) is 15.6. The quantitative estimate of drug-likeness (QED) is 0.0538. The zero-order valence-electron chi connectivity index (χ0n) is 48.6. The highest BCUT2D eigenvalue weighted by Crippen LogP contribution is 2.30. The van der Waals surface area contributed by atoms with Crippen LogP contribution in [0.25, 0.3) is 0 Å². The average molecular weight is 1120 g/mol. The van der Waals surface area contributed by atoms with Crippen molar-refractivity contribution in [1.82, 2.24) is 30.2 Å². The van der Waals surface area contributed by atoms with E-state index in [2.05, 4.69) is 10.6 Å². The molecule has 0 radical (unpaired) electrons. The van der Waals surface area contributed by atoms with Gasteiger partial charge in [0.1, 0.15) is 30.5 Å². The van der Waals surface area contributed by atoms with E-state index in [0.29, 0.717) is 57.2 Å². The number of ether oxygens (including phenoxy) is 3. The fourth-order valence-corrected chi connectivity index (χ4v) is 11.5. The Morgan fingerprint density at radius 2 is 1.47 bits per heavy atom. The predicted octanol–water partition coefficient (Wildman–Crippen LogP) is 6.32. The number of likely N-dealkylation sites (tertiary alicyclic amines) is 2. The van der Waals surface area contributed by atoms with Crippen molar-refractivity contribution in [2.75, 3.05) is 47.7 Å². The maximum Gasteiger partial charge on any atom is 0.410 e. The summed E-state index contributed by atoms with van der Waals surface area (Å²) in [5.74, 6) is -4.82. The number of rotatable bonds is 32. The Balaban J connectivity index is 1.34. The lowest BCUT2D eigenvalue weighted by Gasteiger charge is -2.41. The van der Waals surface area contributed by atoms with Gasteiger partial charge in [-0.05, 0) is 66.4 Å². The van der Waals surface area contributed by atoms with Crippen LogP contribution in [-0.2, 0) is 72.0 Å². The van der Waals surface area contributed by atoms with Crippen molar-refractivity contribution in [2.24, 2.45) is 23.7 Å². The van der Waals surface area contributed by atoms with E-state index in [0.717, 1.165) is 17.5 Å². The molecule has 3 N–H and O–H groups in total. The van der Waals surface area contributed by atoms with Crippen LogP contribution in [-0.4, -0.2) is 173 Å². The summed E-state index contributed by atoms with van der Waals surface area (Å²) < 4.78 is 17.6. The van der Waals surface area contributed by atoms with Crippen LogP contribution in [0.15, 0.2) is 54.6 Å². The van der Waals surface area contributed by atoms with Gasteiger partial charge in [-0.1, -0.05) is 116 Å². The molecule has 20 heteroatoms. The average Bonchev–Trinajstić information content (AvgIpc) is 4.01. The van der Waals surface area contributed by atoms with E-state index in [1.807, 2.05) is 52.1 Å². The Morgan fingerprint density at radius 1 is 0.810 bits per heavy atom. The van der Waals surface area contributed by atoms with Gasteiger partial charge in [0.25, 0.3) is 0 Å². The molecule has 19 nitrogen and oxygen atoms in total. The number of nitrogens with zero attached hydrogens (tertiary/aromatic N) is 4. The van der Waals surface area contributed by atoms with Crippen LogP contribution in [0.2, 0.25) is 0 Å². The van der Waals surface area contributed by atoms with Crippen LogP contribution in [0.5, 0.6) is 0 Å². The van der Waals surface area contributed by atoms with E-state index in [-0.39, 0.29) is 78.8 Å². The highest BCUT2D eigenvalue weighted by Gasteiger charge is 2.44. The second-order valence-electron chi connectivity index (χ2n) is 21.9. The van der Waals surface area contributed by atoms with Gasteiger partial charge in [0.2, 0.25) is 35.4 Å². The van der Waals surface area contributed by atoms with E-state index in [4.69, 9.17) is 14.2 Å². The number of likely N-dealkylation sites (N-methyl/N-ethyl adjacent to an activating group) is 2. The second-order valence-corrected chi connectivity index (χ2v) is 23.0. The topological polar surface area (TPSA) is 239 Å². The number of benzene rings is 2. The van der Waals surface area contributed by atoms with Crippen LogP contribution in [0, 0.1) is 23.7 Å². The zero-order valence-corrected chi connectivity index (χ0v) is 49.4. The van der Waals surface area contributed by atoms with Gasteiger partial charge in [-0.25, -0.2) is 9.59 Å². The number of carboxylic acid groups (broad SMARTS) is 1. The van der Waals surface area contributed by atoms with Gasteiger partial charge < -0.3 is 39.8 Å². The van der Waals surface area contributed by atoms with Crippen LogP contribution >= 0.6 is 11.8 Å². The molecule has 0 saturated carbocycles. The summed E-state index contributed by atoms with van der Waals surface area (Å²) in [5.41, 5.74) is 2.25. The van der Waals surface area contributed by atoms with Crippen molar-refractivity contribution in [2.45, 2.75) is 173 Å². The molecule has 4 rings (SSSR count). The van der Waals surface area contributed by atoms with Gasteiger partial charge in [0, 0.05) is 67.1 Å². The first kappa shape index (κ1) is 65.7. The minimum atomic E-state index is -1.17. The Bertz CT molecular complexity index is 2370. The minimum absolute atomic E-state index is 0.0696. The molecule has 0 aromatic heterocycles. The molecule has 2 heterocycles. The molecular weight excluding hydrogens is 1030 g/mol. The molecule has 0 bridgehead atoms. The smallest absolute Gasteiger partial charge is 0.410 e. The second kappa shape index (κ2) is 31.8. The molecule has 1 unspecified atom stereocenters. The van der Waals surface area contributed by atoms with Crippen LogP contribution in [0.3, 0.4) is 0 Å². The van der Waals surface area contributed by atoms with Gasteiger partial charge >= 0.3 is 12.1 Å². The third kappa shape index (κ3) is 18.3. The van der Waals surface area contributed by atoms with Crippen LogP contribution in [0.1, 0.15) is 123 Å². The van der Waals surface area contributed by atoms with Gasteiger partial charge in [-0.15, -0.1) is 0 Å². The number of imide groups is 1. The first-order chi connectivity index (χ1) is 37.5. The standard InChI is InChI=1S/C59H88N6O13S/c1-13-38(6)52(46(76-10)33-48(67)64-30-20-24-45(64)53(77-11)39(7)54(69)60-44(58(73)74)32-40-21-16-14-17-22-40)62(8)57(72)50(36(2)3)61-55(70)51(37(4)5)63(9)59(75)78-35-42-27-25-41(26-28-42)31-43(66)23-18-15-19-29-65-49(68)34-47(79-12)56(65)71/h14,16-17,21-22,25-28,36-39,44-47,50-53H,13,15,18-20,23-24,29-35H2,1-12H3,(H,60,69)(H,61,70)(H,73,74)/t38-,39+,44-,45-,46+,47?,50-,51-,52-,53+/m0/s1. The third-order valence-corrected chi connectivity index (χ3v) is 16.5. The molecule has 2 aliphatic rings. The summed E-state index contributed by atoms with van der Waals surface area (Å²) in [6.07, 6.45) is 4.27. The minimum Gasteiger partial charge on any atom is -0.480 e. The summed E-state index contributed by atoms with van der Waals surface area (Å²) >= 11 is 1.39. The van der Waals surface area contributed by atoms with Gasteiger partial charge in [0.15, 0.2) is 0 Å². The number of carboxylic acids is 1. The number of hydrogen-bond donors (Lipinski definition) is 3. The van der Waals surface area contributed by atoms with Crippen molar-refractivity contribution in [3.05, 3.63) is 71.3 Å². The SMILES string of the molecule is CC[C@H](C)[C@@H]([C@@H](CC(=O)N1CCC[C@H]1[C@H](OC)[C@@H](C)C(=O)N[C@@H](Cc1ccccc1)C(=O)O)OC)N(C)C(=O)[C@@H](NC(=O)[C@H](C(C)C)N(C)C(=O)OCc1ccc(CC(=O)CCCCCN2C(=O)CC(SC)C2=O)cc1)C(C)C. The maximum absolute atomic E-state index is 14.7. The van der Waals surface area contributed by atoms with Crippen LogP contribution < -0.4 is 10.6 Å². The van der Waals surface area contributed by atoms with Crippen molar-refractivity contribution < 1.29 is 62.5 Å². The van der Waals surface area contributed by atoms with E-state index in [9.17, 15) is 48.3 Å². The summed E-state index contributed by atoms with van der Waals surface area (Å²) in [6, 6.07) is 11.9. The lowest BCUT2D eigenvalue weighted by Crippen LogP contribution is -2.60. The maximum atomic E-state index is 14.7. The van der Waals surface area contributed by atoms with E-state index >= 15 is 0 Å². The Hall–Kier alpha value is -5.86. The lowest BCUT2D eigenvalue weighted by atomic mass is 9.89. The fourth-order valence-electron chi connectivity index (χ4n) is 10.8. The number of carbonyl (C=O) groups excluding carboxylic acids is 8. The number of methoxy groups -OCH3 is 2. The van der Waals surface area contributed by atoms with Crippen molar-refractivity contribution >= 4 is 65.1 Å². The first-order valence-corrected chi connectivity index (χ1v) is 29.1. The monoisotopic (exact) mass is 1120 g/mol. The highest BCUT2D eigenvalue weighted by molar-refractivity contribution is 8.00. The van der Waals surface area contributed by atoms with E-state index in [1.165, 1.54) is 42.8 Å². The number of unbranched alkanes of at least 4 members (excludes halogenated alkanes) is 2. The van der Waals surface area contributed by atoms with E-state index in [1.54, 1.807) is 74.0 Å². The molecular formula is C59H88N6O13S. The molecule has 2 aliphatic heterocycles. The zero-order chi connectivity index (χ0) is 58.7. The summed E-state index contributed by atoms with van der Waals surface area (Å²) in [6.45, 7) is 13.5. The number of aliphatic carboxylic acids is 1. The fraction of sp³-hybridized carbons (Fsp3) is 0.644. The predicted molar refractivity (Wildman–Crippen MR) is 301 cm³/mol. The summed E-state index contributed by atoms with van der Waals surface area (Å²) in [7, 11) is 6.08.